The molecule has 0 heterocycles. The topological polar surface area (TPSA) is 61.8 Å². The van der Waals surface area contributed by atoms with Crippen LogP contribution in [0.4, 0.5) is 4.79 Å². The van der Waals surface area contributed by atoms with Gasteiger partial charge in [0.05, 0.1) is 18.8 Å². The molecule has 0 aliphatic heterocycles. The Morgan fingerprint density at radius 1 is 1.36 bits per heavy atom. The summed E-state index contributed by atoms with van der Waals surface area (Å²) < 4.78 is 5.77. The Bertz CT molecular complexity index is 481. The van der Waals surface area contributed by atoms with Crippen LogP contribution in [0, 0.1) is 5.92 Å². The zero-order valence-corrected chi connectivity index (χ0v) is 14.2. The van der Waals surface area contributed by atoms with Crippen molar-refractivity contribution in [2.75, 3.05) is 20.2 Å². The third-order valence-corrected chi connectivity index (χ3v) is 2.95. The first-order valence-corrected chi connectivity index (χ1v) is 7.61. The van der Waals surface area contributed by atoms with Gasteiger partial charge in [-0.05, 0) is 25.8 Å². The fourth-order valence-corrected chi connectivity index (χ4v) is 2.01. The Morgan fingerprint density at radius 2 is 2.00 bits per heavy atom. The number of hydrogen-bond acceptors (Lipinski definition) is 3. The van der Waals surface area contributed by atoms with Crippen LogP contribution in [-0.2, 0) is 6.54 Å². The van der Waals surface area contributed by atoms with E-state index < -0.39 is 5.60 Å². The minimum atomic E-state index is -0.912. The summed E-state index contributed by atoms with van der Waals surface area (Å²) >= 11 is 0. The van der Waals surface area contributed by atoms with E-state index in [-0.39, 0.29) is 12.6 Å². The average molecular weight is 308 g/mol. The van der Waals surface area contributed by atoms with Gasteiger partial charge in [-0.25, -0.2) is 4.79 Å². The maximum absolute atomic E-state index is 12.0. The van der Waals surface area contributed by atoms with Gasteiger partial charge in [-0.2, -0.15) is 0 Å². The minimum absolute atomic E-state index is 0.221. The molecule has 0 radical (unpaired) electrons. The largest absolute Gasteiger partial charge is 0.493 e. The summed E-state index contributed by atoms with van der Waals surface area (Å²) in [4.78, 5) is 13.5. The molecule has 0 aromatic heterocycles. The molecule has 1 rings (SSSR count). The fourth-order valence-electron chi connectivity index (χ4n) is 2.01. The van der Waals surface area contributed by atoms with E-state index in [1.807, 2.05) is 24.3 Å². The molecule has 0 saturated heterocycles. The molecule has 0 aliphatic rings. The van der Waals surface area contributed by atoms with Gasteiger partial charge in [0.1, 0.15) is 5.75 Å². The minimum Gasteiger partial charge on any atom is -0.493 e. The summed E-state index contributed by atoms with van der Waals surface area (Å²) in [5, 5.41) is 12.6. The molecular formula is C17H28N2O3. The van der Waals surface area contributed by atoms with E-state index in [1.54, 1.807) is 20.9 Å². The lowest BCUT2D eigenvalue weighted by molar-refractivity contribution is 0.0531. The number of para-hydroxylation sites is 1. The number of carbonyl (C=O) groups is 1. The molecule has 2 N–H and O–H groups in total. The summed E-state index contributed by atoms with van der Waals surface area (Å²) in [6.07, 6.45) is 0. The third-order valence-electron chi connectivity index (χ3n) is 2.95. The smallest absolute Gasteiger partial charge is 0.317 e. The number of amides is 2. The normalized spacial score (nSPS) is 11.4. The summed E-state index contributed by atoms with van der Waals surface area (Å²) in [6.45, 7) is 8.83. The predicted molar refractivity (Wildman–Crippen MR) is 87.9 cm³/mol. The van der Waals surface area contributed by atoms with Crippen molar-refractivity contribution >= 4 is 6.03 Å². The molecule has 0 fully saturated rings. The molecule has 22 heavy (non-hydrogen) atoms. The van der Waals surface area contributed by atoms with Crippen LogP contribution >= 0.6 is 0 Å². The van der Waals surface area contributed by atoms with E-state index in [4.69, 9.17) is 4.74 Å². The highest BCUT2D eigenvalue weighted by Crippen LogP contribution is 2.18. The molecule has 0 spiro atoms. The second-order valence-corrected chi connectivity index (χ2v) is 6.64. The van der Waals surface area contributed by atoms with E-state index in [9.17, 15) is 9.90 Å². The van der Waals surface area contributed by atoms with Crippen molar-refractivity contribution in [3.63, 3.8) is 0 Å². The van der Waals surface area contributed by atoms with Crippen LogP contribution in [0.15, 0.2) is 24.3 Å². The summed E-state index contributed by atoms with van der Waals surface area (Å²) in [7, 11) is 1.66. The number of likely N-dealkylation sites (N-methyl/N-ethyl adjacent to an activating group) is 1. The van der Waals surface area contributed by atoms with Crippen molar-refractivity contribution in [2.24, 2.45) is 5.92 Å². The number of carbonyl (C=O) groups excluding carboxylic acids is 1. The molecule has 1 aromatic rings. The van der Waals surface area contributed by atoms with E-state index in [0.717, 1.165) is 11.3 Å². The maximum Gasteiger partial charge on any atom is 0.317 e. The Balaban J connectivity index is 2.58. The van der Waals surface area contributed by atoms with Gasteiger partial charge in [0.15, 0.2) is 0 Å². The number of hydrogen-bond donors (Lipinski definition) is 2. The third kappa shape index (κ3) is 6.80. The summed E-state index contributed by atoms with van der Waals surface area (Å²) in [5.74, 6) is 1.24. The predicted octanol–water partition coefficient (Wildman–Crippen LogP) is 2.63. The van der Waals surface area contributed by atoms with Crippen molar-refractivity contribution < 1.29 is 14.6 Å². The fraction of sp³-hybridized carbons (Fsp3) is 0.588. The van der Waals surface area contributed by atoms with Gasteiger partial charge in [-0.15, -0.1) is 0 Å². The zero-order chi connectivity index (χ0) is 16.8. The van der Waals surface area contributed by atoms with Crippen LogP contribution < -0.4 is 10.1 Å². The van der Waals surface area contributed by atoms with Crippen molar-refractivity contribution in [1.29, 1.82) is 0 Å². The van der Waals surface area contributed by atoms with Crippen LogP contribution in [0.2, 0.25) is 0 Å². The Kier molecular flexibility index (Phi) is 6.68. The lowest BCUT2D eigenvalue weighted by Gasteiger charge is -2.25. The first-order chi connectivity index (χ1) is 10.2. The van der Waals surface area contributed by atoms with Gasteiger partial charge in [0.25, 0.3) is 0 Å². The van der Waals surface area contributed by atoms with Gasteiger partial charge >= 0.3 is 6.03 Å². The van der Waals surface area contributed by atoms with Crippen molar-refractivity contribution in [1.82, 2.24) is 10.2 Å². The van der Waals surface area contributed by atoms with Crippen molar-refractivity contribution in [2.45, 2.75) is 39.8 Å². The van der Waals surface area contributed by atoms with Gasteiger partial charge in [-0.1, -0.05) is 32.0 Å². The SMILES string of the molecule is CC(C)COc1ccccc1CNC(=O)N(C)CC(C)(C)O. The van der Waals surface area contributed by atoms with E-state index in [1.165, 1.54) is 4.90 Å². The van der Waals surface area contributed by atoms with Crippen molar-refractivity contribution in [3.05, 3.63) is 29.8 Å². The molecule has 0 saturated carbocycles. The summed E-state index contributed by atoms with van der Waals surface area (Å²) in [5.41, 5.74) is 0.0258. The molecule has 0 bridgehead atoms. The number of ether oxygens (including phenoxy) is 1. The first-order valence-electron chi connectivity index (χ1n) is 7.61. The Morgan fingerprint density at radius 3 is 2.59 bits per heavy atom. The van der Waals surface area contributed by atoms with Crippen LogP contribution in [-0.4, -0.2) is 41.8 Å². The highest BCUT2D eigenvalue weighted by Gasteiger charge is 2.19. The number of urea groups is 1. The van der Waals surface area contributed by atoms with Crippen LogP contribution in [0.25, 0.3) is 0 Å². The van der Waals surface area contributed by atoms with E-state index in [0.29, 0.717) is 19.1 Å². The first kappa shape index (κ1) is 18.3. The molecule has 0 aliphatic carbocycles. The number of benzene rings is 1. The highest BCUT2D eigenvalue weighted by atomic mass is 16.5. The molecule has 5 heteroatoms. The van der Waals surface area contributed by atoms with Gasteiger partial charge < -0.3 is 20.1 Å². The zero-order valence-electron chi connectivity index (χ0n) is 14.2. The highest BCUT2D eigenvalue weighted by molar-refractivity contribution is 5.74. The molecule has 2 amide bonds. The van der Waals surface area contributed by atoms with Crippen LogP contribution in [0.5, 0.6) is 5.75 Å². The molecule has 5 nitrogen and oxygen atoms in total. The lowest BCUT2D eigenvalue weighted by atomic mass is 10.1. The average Bonchev–Trinajstić information content (AvgIpc) is 2.41. The lowest BCUT2D eigenvalue weighted by Crippen LogP contribution is -2.44. The molecule has 124 valence electrons. The molecular weight excluding hydrogens is 280 g/mol. The number of aliphatic hydroxyl groups is 1. The number of nitrogens with one attached hydrogen (secondary N) is 1. The van der Waals surface area contributed by atoms with Crippen LogP contribution in [0.3, 0.4) is 0 Å². The van der Waals surface area contributed by atoms with Crippen molar-refractivity contribution in [3.8, 4) is 5.75 Å². The standard InChI is InChI=1S/C17H28N2O3/c1-13(2)11-22-15-9-7-6-8-14(15)10-18-16(20)19(5)12-17(3,4)21/h6-9,13,21H,10-12H2,1-5H3,(H,18,20). The summed E-state index contributed by atoms with van der Waals surface area (Å²) in [6, 6.07) is 7.46. The second kappa shape index (κ2) is 8.03. The molecule has 0 atom stereocenters. The Hall–Kier alpha value is -1.75. The van der Waals surface area contributed by atoms with Crippen LogP contribution in [0.1, 0.15) is 33.3 Å². The monoisotopic (exact) mass is 308 g/mol. The quantitative estimate of drug-likeness (QED) is 0.814. The Labute approximate surface area is 133 Å². The van der Waals surface area contributed by atoms with E-state index >= 15 is 0 Å². The number of rotatable bonds is 7. The number of nitrogens with zero attached hydrogens (tertiary/aromatic N) is 1. The molecule has 0 unspecified atom stereocenters. The van der Waals surface area contributed by atoms with Gasteiger partial charge in [0.2, 0.25) is 0 Å². The van der Waals surface area contributed by atoms with Gasteiger partial charge in [-0.3, -0.25) is 0 Å². The van der Waals surface area contributed by atoms with Gasteiger partial charge in [0, 0.05) is 19.2 Å². The molecule has 1 aromatic carbocycles. The maximum atomic E-state index is 12.0. The van der Waals surface area contributed by atoms with E-state index in [2.05, 4.69) is 19.2 Å². The second-order valence-electron chi connectivity index (χ2n) is 6.64.